The van der Waals surface area contributed by atoms with Gasteiger partial charge in [0.05, 0.1) is 0 Å². The van der Waals surface area contributed by atoms with Crippen molar-refractivity contribution in [1.82, 2.24) is 5.32 Å². The molecule has 134 valence electrons. The van der Waals surface area contributed by atoms with Crippen molar-refractivity contribution in [2.75, 3.05) is 6.54 Å². The van der Waals surface area contributed by atoms with Gasteiger partial charge in [0, 0.05) is 6.54 Å². The second kappa shape index (κ2) is 8.15. The number of amides is 1. The number of benzene rings is 2. The van der Waals surface area contributed by atoms with Crippen LogP contribution in [-0.4, -0.2) is 18.6 Å². The van der Waals surface area contributed by atoms with Crippen LogP contribution in [0.25, 0.3) is 0 Å². The standard InChI is InChI=1S/C21H26FNO2/c1-15(25-19-11-7-17(8-12-19)21(2,3)4)20(24)23-14-13-16-5-9-18(22)10-6-16/h5-12,15H,13-14H2,1-4H3,(H,23,24). The molecule has 0 radical (unpaired) electrons. The summed E-state index contributed by atoms with van der Waals surface area (Å²) in [5.41, 5.74) is 2.28. The van der Waals surface area contributed by atoms with Gasteiger partial charge >= 0.3 is 0 Å². The molecule has 2 rings (SSSR count). The summed E-state index contributed by atoms with van der Waals surface area (Å²) in [7, 11) is 0. The molecule has 2 aromatic carbocycles. The predicted molar refractivity (Wildman–Crippen MR) is 98.3 cm³/mol. The van der Waals surface area contributed by atoms with Gasteiger partial charge in [0.15, 0.2) is 6.10 Å². The minimum atomic E-state index is -0.575. The lowest BCUT2D eigenvalue weighted by Crippen LogP contribution is -2.37. The van der Waals surface area contributed by atoms with Gasteiger partial charge in [-0.3, -0.25) is 4.79 Å². The molecule has 1 N–H and O–H groups in total. The van der Waals surface area contributed by atoms with Crippen molar-refractivity contribution < 1.29 is 13.9 Å². The van der Waals surface area contributed by atoms with Crippen molar-refractivity contribution in [3.63, 3.8) is 0 Å². The average Bonchev–Trinajstić information content (AvgIpc) is 2.56. The quantitative estimate of drug-likeness (QED) is 0.851. The Morgan fingerprint density at radius 1 is 1.08 bits per heavy atom. The minimum Gasteiger partial charge on any atom is -0.481 e. The summed E-state index contributed by atoms with van der Waals surface area (Å²) in [6.45, 7) is 8.67. The van der Waals surface area contributed by atoms with Gasteiger partial charge in [0.25, 0.3) is 5.91 Å². The van der Waals surface area contributed by atoms with E-state index in [2.05, 4.69) is 26.1 Å². The molecule has 4 heteroatoms. The molecule has 0 aliphatic heterocycles. The van der Waals surface area contributed by atoms with Crippen molar-refractivity contribution in [3.05, 3.63) is 65.5 Å². The first-order valence-electron chi connectivity index (χ1n) is 8.55. The molecule has 3 nitrogen and oxygen atoms in total. The van der Waals surface area contributed by atoms with E-state index in [9.17, 15) is 9.18 Å². The number of carbonyl (C=O) groups excluding carboxylic acids is 1. The summed E-state index contributed by atoms with van der Waals surface area (Å²) in [6, 6.07) is 14.1. The summed E-state index contributed by atoms with van der Waals surface area (Å²) in [4.78, 5) is 12.1. The van der Waals surface area contributed by atoms with E-state index in [1.165, 1.54) is 17.7 Å². The van der Waals surface area contributed by atoms with Crippen LogP contribution >= 0.6 is 0 Å². The fraction of sp³-hybridized carbons (Fsp3) is 0.381. The molecule has 25 heavy (non-hydrogen) atoms. The topological polar surface area (TPSA) is 38.3 Å². The Bertz CT molecular complexity index is 687. The van der Waals surface area contributed by atoms with E-state index in [1.807, 2.05) is 24.3 Å². The summed E-state index contributed by atoms with van der Waals surface area (Å²) in [5, 5.41) is 2.84. The minimum absolute atomic E-state index is 0.0852. The molecule has 0 heterocycles. The van der Waals surface area contributed by atoms with Crippen LogP contribution in [0, 0.1) is 5.82 Å². The van der Waals surface area contributed by atoms with E-state index < -0.39 is 6.10 Å². The lowest BCUT2D eigenvalue weighted by atomic mass is 9.87. The van der Waals surface area contributed by atoms with E-state index in [-0.39, 0.29) is 17.1 Å². The Kier molecular flexibility index (Phi) is 6.18. The zero-order valence-electron chi connectivity index (χ0n) is 15.3. The van der Waals surface area contributed by atoms with Crippen LogP contribution < -0.4 is 10.1 Å². The monoisotopic (exact) mass is 343 g/mol. The van der Waals surface area contributed by atoms with Crippen molar-refractivity contribution in [2.45, 2.75) is 45.6 Å². The second-order valence-electron chi connectivity index (χ2n) is 7.20. The average molecular weight is 343 g/mol. The molecule has 0 aliphatic carbocycles. The SMILES string of the molecule is CC(Oc1ccc(C(C)(C)C)cc1)C(=O)NCCc1ccc(F)cc1. The number of hydrogen-bond acceptors (Lipinski definition) is 2. The maximum absolute atomic E-state index is 12.9. The maximum Gasteiger partial charge on any atom is 0.260 e. The number of carbonyl (C=O) groups is 1. The molecule has 0 saturated heterocycles. The van der Waals surface area contributed by atoms with E-state index in [4.69, 9.17) is 4.74 Å². The van der Waals surface area contributed by atoms with Gasteiger partial charge in [-0.15, -0.1) is 0 Å². The van der Waals surface area contributed by atoms with Crippen LogP contribution in [0.4, 0.5) is 4.39 Å². The summed E-state index contributed by atoms with van der Waals surface area (Å²) < 4.78 is 18.6. The zero-order chi connectivity index (χ0) is 18.4. The molecule has 0 aromatic heterocycles. The van der Waals surface area contributed by atoms with Crippen LogP contribution in [-0.2, 0) is 16.6 Å². The first-order chi connectivity index (χ1) is 11.8. The molecule has 0 spiro atoms. The maximum atomic E-state index is 12.9. The molecule has 0 aliphatic rings. The van der Waals surface area contributed by atoms with Crippen LogP contribution in [0.3, 0.4) is 0 Å². The third-order valence-corrected chi connectivity index (χ3v) is 4.03. The summed E-state index contributed by atoms with van der Waals surface area (Å²) >= 11 is 0. The van der Waals surface area contributed by atoms with Gasteiger partial charge in [-0.05, 0) is 54.2 Å². The van der Waals surface area contributed by atoms with Crippen LogP contribution in [0.15, 0.2) is 48.5 Å². The lowest BCUT2D eigenvalue weighted by Gasteiger charge is -2.20. The molecule has 0 saturated carbocycles. The normalized spacial score (nSPS) is 12.5. The van der Waals surface area contributed by atoms with Gasteiger partial charge in [-0.1, -0.05) is 45.0 Å². The molecule has 1 unspecified atom stereocenters. The van der Waals surface area contributed by atoms with E-state index in [0.29, 0.717) is 18.7 Å². The largest absolute Gasteiger partial charge is 0.481 e. The number of hydrogen-bond donors (Lipinski definition) is 1. The van der Waals surface area contributed by atoms with Gasteiger partial charge in [-0.25, -0.2) is 4.39 Å². The highest BCUT2D eigenvalue weighted by molar-refractivity contribution is 5.80. The first-order valence-corrected chi connectivity index (χ1v) is 8.55. The first kappa shape index (κ1) is 19.0. The number of nitrogens with one attached hydrogen (secondary N) is 1. The fourth-order valence-corrected chi connectivity index (χ4v) is 2.42. The summed E-state index contributed by atoms with van der Waals surface area (Å²) in [5.74, 6) is 0.253. The predicted octanol–water partition coefficient (Wildman–Crippen LogP) is 4.25. The Morgan fingerprint density at radius 3 is 2.24 bits per heavy atom. The van der Waals surface area contributed by atoms with Gasteiger partial charge in [0.1, 0.15) is 11.6 Å². The second-order valence-corrected chi connectivity index (χ2v) is 7.20. The molecule has 0 fully saturated rings. The molecule has 0 bridgehead atoms. The third-order valence-electron chi connectivity index (χ3n) is 4.03. The van der Waals surface area contributed by atoms with Crippen LogP contribution in [0.1, 0.15) is 38.8 Å². The Morgan fingerprint density at radius 2 is 1.68 bits per heavy atom. The number of halogens is 1. The highest BCUT2D eigenvalue weighted by Gasteiger charge is 2.16. The van der Waals surface area contributed by atoms with Crippen molar-refractivity contribution in [3.8, 4) is 5.75 Å². The molecule has 2 aromatic rings. The van der Waals surface area contributed by atoms with Crippen molar-refractivity contribution in [1.29, 1.82) is 0 Å². The molecular weight excluding hydrogens is 317 g/mol. The Balaban J connectivity index is 1.80. The van der Waals surface area contributed by atoms with Gasteiger partial charge in [-0.2, -0.15) is 0 Å². The Labute approximate surface area is 149 Å². The molecule has 1 amide bonds. The smallest absolute Gasteiger partial charge is 0.260 e. The molecule has 1 atom stereocenters. The highest BCUT2D eigenvalue weighted by atomic mass is 19.1. The summed E-state index contributed by atoms with van der Waals surface area (Å²) in [6.07, 6.45) is 0.0765. The molecular formula is C21H26FNO2. The number of rotatable bonds is 6. The lowest BCUT2D eigenvalue weighted by molar-refractivity contribution is -0.127. The van der Waals surface area contributed by atoms with Crippen LogP contribution in [0.5, 0.6) is 5.75 Å². The number of ether oxygens (including phenoxy) is 1. The van der Waals surface area contributed by atoms with Gasteiger partial charge in [0.2, 0.25) is 0 Å². The van der Waals surface area contributed by atoms with E-state index in [0.717, 1.165) is 5.56 Å². The Hall–Kier alpha value is -2.36. The fourth-order valence-electron chi connectivity index (χ4n) is 2.42. The van der Waals surface area contributed by atoms with Crippen molar-refractivity contribution in [2.24, 2.45) is 0 Å². The van der Waals surface area contributed by atoms with E-state index >= 15 is 0 Å². The van der Waals surface area contributed by atoms with Gasteiger partial charge < -0.3 is 10.1 Å². The highest BCUT2D eigenvalue weighted by Crippen LogP contribution is 2.24. The van der Waals surface area contributed by atoms with Crippen molar-refractivity contribution >= 4 is 5.91 Å². The third kappa shape index (κ3) is 5.89. The zero-order valence-corrected chi connectivity index (χ0v) is 15.3. The van der Waals surface area contributed by atoms with E-state index in [1.54, 1.807) is 19.1 Å². The van der Waals surface area contributed by atoms with Crippen LogP contribution in [0.2, 0.25) is 0 Å².